The number of nitrogens with zero attached hydrogens (tertiary/aromatic N) is 1. The maximum absolute atomic E-state index is 11.5. The largest absolute Gasteiger partial charge is 0.300 e. The molecule has 1 amide bonds. The summed E-state index contributed by atoms with van der Waals surface area (Å²) in [5.74, 6) is 0.209. The van der Waals surface area contributed by atoms with Gasteiger partial charge in [-0.15, -0.1) is 0 Å². The van der Waals surface area contributed by atoms with Gasteiger partial charge >= 0.3 is 0 Å². The first-order valence-corrected chi connectivity index (χ1v) is 5.04. The van der Waals surface area contributed by atoms with Gasteiger partial charge in [-0.2, -0.15) is 0 Å². The van der Waals surface area contributed by atoms with E-state index < -0.39 is 0 Å². The van der Waals surface area contributed by atoms with E-state index in [1.54, 1.807) is 11.9 Å². The number of hydrogen-bond acceptors (Lipinski definition) is 3. The molecule has 0 aliphatic carbocycles. The van der Waals surface area contributed by atoms with Crippen LogP contribution >= 0.6 is 0 Å². The number of carbonyl (C=O) groups excluding carboxylic acids is 2. The molecule has 0 aromatic heterocycles. The highest BCUT2D eigenvalue weighted by atomic mass is 16.2. The third-order valence-corrected chi connectivity index (χ3v) is 2.72. The normalized spacial score (nSPS) is 27.1. The molecule has 1 N–H and O–H groups in total. The van der Waals surface area contributed by atoms with Crippen LogP contribution in [0, 0.1) is 0 Å². The molecule has 1 rings (SSSR count). The van der Waals surface area contributed by atoms with Crippen LogP contribution in [-0.2, 0) is 9.59 Å². The van der Waals surface area contributed by atoms with Crippen LogP contribution < -0.4 is 5.43 Å². The minimum absolute atomic E-state index is 0.0931. The Bertz CT molecular complexity index is 253. The van der Waals surface area contributed by atoms with Crippen molar-refractivity contribution in [3.63, 3.8) is 0 Å². The van der Waals surface area contributed by atoms with Gasteiger partial charge in [0.15, 0.2) is 0 Å². The standard InChI is InChI=1S/C10H18N2O2/c1-4-10(3)7-9(14)12(11-10)6-5-8(2)13/h11H,4-7H2,1-3H3. The third kappa shape index (κ3) is 2.54. The van der Waals surface area contributed by atoms with E-state index in [9.17, 15) is 9.59 Å². The topological polar surface area (TPSA) is 49.4 Å². The lowest BCUT2D eigenvalue weighted by Crippen LogP contribution is -2.44. The van der Waals surface area contributed by atoms with Gasteiger partial charge in [-0.1, -0.05) is 6.92 Å². The van der Waals surface area contributed by atoms with Gasteiger partial charge in [0.2, 0.25) is 5.91 Å². The van der Waals surface area contributed by atoms with E-state index in [0.29, 0.717) is 19.4 Å². The highest BCUT2D eigenvalue weighted by molar-refractivity contribution is 5.80. The van der Waals surface area contributed by atoms with E-state index in [1.165, 1.54) is 0 Å². The van der Waals surface area contributed by atoms with Crippen LogP contribution in [0.3, 0.4) is 0 Å². The number of rotatable bonds is 4. The first kappa shape index (κ1) is 11.2. The molecule has 1 heterocycles. The second-order valence-corrected chi connectivity index (χ2v) is 4.20. The van der Waals surface area contributed by atoms with Crippen LogP contribution in [0.2, 0.25) is 0 Å². The van der Waals surface area contributed by atoms with Crippen LogP contribution in [0.1, 0.15) is 40.0 Å². The number of carbonyl (C=O) groups is 2. The molecule has 4 heteroatoms. The van der Waals surface area contributed by atoms with Gasteiger partial charge in [-0.25, -0.2) is 5.43 Å². The summed E-state index contributed by atoms with van der Waals surface area (Å²) < 4.78 is 0. The molecule has 0 spiro atoms. The number of hydrogen-bond donors (Lipinski definition) is 1. The molecular formula is C10H18N2O2. The summed E-state index contributed by atoms with van der Waals surface area (Å²) in [4.78, 5) is 22.3. The Morgan fingerprint density at radius 1 is 1.64 bits per heavy atom. The van der Waals surface area contributed by atoms with Crippen LogP contribution in [0.5, 0.6) is 0 Å². The lowest BCUT2D eigenvalue weighted by molar-refractivity contribution is -0.130. The van der Waals surface area contributed by atoms with Gasteiger partial charge < -0.3 is 0 Å². The molecule has 4 nitrogen and oxygen atoms in total. The molecule has 1 saturated heterocycles. The van der Waals surface area contributed by atoms with Gasteiger partial charge in [0, 0.05) is 24.9 Å². The third-order valence-electron chi connectivity index (χ3n) is 2.72. The average molecular weight is 198 g/mol. The monoisotopic (exact) mass is 198 g/mol. The SMILES string of the molecule is CCC1(C)CC(=O)N(CCC(C)=O)N1. The number of Topliss-reactive ketones (excluding diaryl/α,β-unsaturated/α-hetero) is 1. The molecule has 0 aromatic carbocycles. The summed E-state index contributed by atoms with van der Waals surface area (Å²) in [6.45, 7) is 6.11. The summed E-state index contributed by atoms with van der Waals surface area (Å²) in [5.41, 5.74) is 3.04. The molecule has 0 bridgehead atoms. The van der Waals surface area contributed by atoms with Crippen LogP contribution in [-0.4, -0.2) is 28.8 Å². The Morgan fingerprint density at radius 3 is 2.71 bits per heavy atom. The molecule has 1 aliphatic rings. The van der Waals surface area contributed by atoms with Crippen molar-refractivity contribution in [3.05, 3.63) is 0 Å². The molecule has 1 aliphatic heterocycles. The molecule has 0 saturated carbocycles. The summed E-state index contributed by atoms with van der Waals surface area (Å²) in [5, 5.41) is 1.57. The molecule has 0 radical (unpaired) electrons. The highest BCUT2D eigenvalue weighted by Gasteiger charge is 2.37. The molecule has 1 fully saturated rings. The molecule has 0 aromatic rings. The smallest absolute Gasteiger partial charge is 0.238 e. The van der Waals surface area contributed by atoms with Gasteiger partial charge in [0.05, 0.1) is 0 Å². The minimum atomic E-state index is -0.117. The van der Waals surface area contributed by atoms with Gasteiger partial charge in [-0.3, -0.25) is 14.6 Å². The van der Waals surface area contributed by atoms with Gasteiger partial charge in [0.25, 0.3) is 0 Å². The quantitative estimate of drug-likeness (QED) is 0.729. The zero-order chi connectivity index (χ0) is 10.8. The van der Waals surface area contributed by atoms with Crippen molar-refractivity contribution in [1.82, 2.24) is 10.4 Å². The Kier molecular flexibility index (Phi) is 3.26. The lowest BCUT2D eigenvalue weighted by atomic mass is 9.97. The first-order valence-electron chi connectivity index (χ1n) is 5.04. The van der Waals surface area contributed by atoms with E-state index in [1.807, 2.05) is 6.92 Å². The van der Waals surface area contributed by atoms with Crippen molar-refractivity contribution in [2.24, 2.45) is 0 Å². The Balaban J connectivity index is 2.49. The van der Waals surface area contributed by atoms with Crippen molar-refractivity contribution < 1.29 is 9.59 Å². The fraction of sp³-hybridized carbons (Fsp3) is 0.800. The van der Waals surface area contributed by atoms with Gasteiger partial charge in [-0.05, 0) is 20.3 Å². The van der Waals surface area contributed by atoms with E-state index >= 15 is 0 Å². The number of amides is 1. The maximum Gasteiger partial charge on any atom is 0.238 e. The van der Waals surface area contributed by atoms with Crippen molar-refractivity contribution >= 4 is 11.7 Å². The van der Waals surface area contributed by atoms with Crippen LogP contribution in [0.4, 0.5) is 0 Å². The van der Waals surface area contributed by atoms with Gasteiger partial charge in [0.1, 0.15) is 5.78 Å². The Morgan fingerprint density at radius 2 is 2.29 bits per heavy atom. The number of hydrazine groups is 1. The van der Waals surface area contributed by atoms with Crippen LogP contribution in [0.25, 0.3) is 0 Å². The zero-order valence-electron chi connectivity index (χ0n) is 9.09. The summed E-state index contributed by atoms with van der Waals surface area (Å²) >= 11 is 0. The molecule has 80 valence electrons. The Labute approximate surface area is 84.6 Å². The Hall–Kier alpha value is -0.900. The molecular weight excluding hydrogens is 180 g/mol. The second-order valence-electron chi connectivity index (χ2n) is 4.20. The average Bonchev–Trinajstić information content (AvgIpc) is 2.39. The van der Waals surface area contributed by atoms with Crippen LogP contribution in [0.15, 0.2) is 0 Å². The fourth-order valence-electron chi connectivity index (χ4n) is 1.51. The van der Waals surface area contributed by atoms with E-state index in [-0.39, 0.29) is 17.2 Å². The second kappa shape index (κ2) is 4.09. The predicted octanol–water partition coefficient (Wildman–Crippen LogP) is 0.871. The van der Waals surface area contributed by atoms with E-state index in [4.69, 9.17) is 0 Å². The predicted molar refractivity (Wildman–Crippen MR) is 53.5 cm³/mol. The number of nitrogens with one attached hydrogen (secondary N) is 1. The van der Waals surface area contributed by atoms with Crippen molar-refractivity contribution in [3.8, 4) is 0 Å². The fourth-order valence-corrected chi connectivity index (χ4v) is 1.51. The summed E-state index contributed by atoms with van der Waals surface area (Å²) in [6.07, 6.45) is 1.87. The lowest BCUT2D eigenvalue weighted by Gasteiger charge is -2.24. The molecule has 14 heavy (non-hydrogen) atoms. The number of ketones is 1. The maximum atomic E-state index is 11.5. The van der Waals surface area contributed by atoms with Crippen molar-refractivity contribution in [2.45, 2.75) is 45.6 Å². The highest BCUT2D eigenvalue weighted by Crippen LogP contribution is 2.22. The minimum Gasteiger partial charge on any atom is -0.300 e. The summed E-state index contributed by atoms with van der Waals surface area (Å²) in [6, 6.07) is 0. The van der Waals surface area contributed by atoms with E-state index in [2.05, 4.69) is 12.3 Å². The summed E-state index contributed by atoms with van der Waals surface area (Å²) in [7, 11) is 0. The van der Waals surface area contributed by atoms with Crippen molar-refractivity contribution in [1.29, 1.82) is 0 Å². The van der Waals surface area contributed by atoms with E-state index in [0.717, 1.165) is 6.42 Å². The molecule has 1 atom stereocenters. The first-order chi connectivity index (χ1) is 6.47. The zero-order valence-corrected chi connectivity index (χ0v) is 9.09. The van der Waals surface area contributed by atoms with Crippen molar-refractivity contribution in [2.75, 3.05) is 6.54 Å². The molecule has 1 unspecified atom stereocenters.